The summed E-state index contributed by atoms with van der Waals surface area (Å²) in [5.74, 6) is 0. The molecule has 0 aliphatic rings. The molecule has 0 bridgehead atoms. The van der Waals surface area contributed by atoms with Gasteiger partial charge in [-0.15, -0.1) is 0 Å². The predicted octanol–water partition coefficient (Wildman–Crippen LogP) is 2.66. The molecule has 0 aliphatic heterocycles. The number of benzene rings is 1. The first-order chi connectivity index (χ1) is 10.2. The molecule has 0 amide bonds. The second-order valence-electron chi connectivity index (χ2n) is 4.79. The molecule has 0 fully saturated rings. The molecule has 0 radical (unpaired) electrons. The molecular formula is C15H20N4O2. The summed E-state index contributed by atoms with van der Waals surface area (Å²) in [6.45, 7) is 6.06. The van der Waals surface area contributed by atoms with Crippen molar-refractivity contribution in [1.82, 2.24) is 15.1 Å². The van der Waals surface area contributed by atoms with Gasteiger partial charge < -0.3 is 5.32 Å². The number of nitro benzene ring substituents is 1. The van der Waals surface area contributed by atoms with Gasteiger partial charge in [0.25, 0.3) is 5.69 Å². The van der Waals surface area contributed by atoms with Crippen LogP contribution in [0.25, 0.3) is 0 Å². The minimum Gasteiger partial charge on any atom is -0.307 e. The Morgan fingerprint density at radius 3 is 2.71 bits per heavy atom. The van der Waals surface area contributed by atoms with E-state index in [1.54, 1.807) is 12.1 Å². The van der Waals surface area contributed by atoms with Crippen molar-refractivity contribution in [1.29, 1.82) is 0 Å². The fourth-order valence-electron chi connectivity index (χ4n) is 2.27. The van der Waals surface area contributed by atoms with Crippen molar-refractivity contribution in [2.24, 2.45) is 0 Å². The highest BCUT2D eigenvalue weighted by Gasteiger charge is 2.12. The lowest BCUT2D eigenvalue weighted by atomic mass is 10.2. The van der Waals surface area contributed by atoms with E-state index < -0.39 is 0 Å². The Bertz CT molecular complexity index is 622. The highest BCUT2D eigenvalue weighted by atomic mass is 16.6. The average Bonchev–Trinajstić information content (AvgIpc) is 2.90. The van der Waals surface area contributed by atoms with E-state index in [-0.39, 0.29) is 10.6 Å². The molecule has 21 heavy (non-hydrogen) atoms. The molecule has 0 atom stereocenters. The SMILES string of the molecule is CCc1cc(CNCc2ccccc2[N+](=O)[O-])n(CC)n1. The number of hydrogen-bond acceptors (Lipinski definition) is 4. The summed E-state index contributed by atoms with van der Waals surface area (Å²) in [5.41, 5.74) is 3.02. The van der Waals surface area contributed by atoms with Crippen molar-refractivity contribution in [3.05, 3.63) is 57.4 Å². The zero-order chi connectivity index (χ0) is 15.2. The van der Waals surface area contributed by atoms with E-state index in [1.807, 2.05) is 10.7 Å². The molecule has 0 saturated heterocycles. The molecule has 0 spiro atoms. The standard InChI is InChI=1S/C15H20N4O2/c1-3-13-9-14(18(4-2)17-13)11-16-10-12-7-5-6-8-15(12)19(20)21/h5-9,16H,3-4,10-11H2,1-2H3. The van der Waals surface area contributed by atoms with Gasteiger partial charge in [-0.3, -0.25) is 14.8 Å². The molecule has 0 saturated carbocycles. The highest BCUT2D eigenvalue weighted by molar-refractivity contribution is 5.39. The van der Waals surface area contributed by atoms with Crippen LogP contribution >= 0.6 is 0 Å². The number of aromatic nitrogens is 2. The van der Waals surface area contributed by atoms with E-state index in [1.165, 1.54) is 6.07 Å². The highest BCUT2D eigenvalue weighted by Crippen LogP contribution is 2.17. The lowest BCUT2D eigenvalue weighted by molar-refractivity contribution is -0.385. The van der Waals surface area contributed by atoms with Gasteiger partial charge in [-0.2, -0.15) is 5.10 Å². The average molecular weight is 288 g/mol. The largest absolute Gasteiger partial charge is 0.307 e. The first-order valence-electron chi connectivity index (χ1n) is 7.14. The van der Waals surface area contributed by atoms with E-state index in [0.717, 1.165) is 24.4 Å². The van der Waals surface area contributed by atoms with Gasteiger partial charge in [-0.1, -0.05) is 25.1 Å². The number of hydrogen-bond donors (Lipinski definition) is 1. The molecule has 2 rings (SSSR count). The van der Waals surface area contributed by atoms with Crippen LogP contribution in [0.5, 0.6) is 0 Å². The van der Waals surface area contributed by atoms with Crippen LogP contribution in [0.1, 0.15) is 30.8 Å². The van der Waals surface area contributed by atoms with Gasteiger partial charge in [0.2, 0.25) is 0 Å². The molecule has 0 unspecified atom stereocenters. The fourth-order valence-corrected chi connectivity index (χ4v) is 2.27. The number of aryl methyl sites for hydroxylation is 2. The summed E-state index contributed by atoms with van der Waals surface area (Å²) < 4.78 is 1.96. The Kier molecular flexibility index (Phi) is 5.05. The third-order valence-electron chi connectivity index (χ3n) is 3.39. The zero-order valence-electron chi connectivity index (χ0n) is 12.4. The summed E-state index contributed by atoms with van der Waals surface area (Å²) >= 11 is 0. The monoisotopic (exact) mass is 288 g/mol. The van der Waals surface area contributed by atoms with E-state index >= 15 is 0 Å². The predicted molar refractivity (Wildman–Crippen MR) is 80.9 cm³/mol. The van der Waals surface area contributed by atoms with Crippen LogP contribution in [0, 0.1) is 10.1 Å². The van der Waals surface area contributed by atoms with Crippen molar-refractivity contribution >= 4 is 5.69 Å². The van der Waals surface area contributed by atoms with Crippen molar-refractivity contribution < 1.29 is 4.92 Å². The Labute approximate surface area is 123 Å². The molecule has 1 aromatic heterocycles. The molecule has 0 aliphatic carbocycles. The van der Waals surface area contributed by atoms with Crippen LogP contribution in [-0.2, 0) is 26.1 Å². The Balaban J connectivity index is 2.02. The normalized spacial score (nSPS) is 10.8. The van der Waals surface area contributed by atoms with Crippen LogP contribution in [-0.4, -0.2) is 14.7 Å². The van der Waals surface area contributed by atoms with Gasteiger partial charge >= 0.3 is 0 Å². The van der Waals surface area contributed by atoms with E-state index in [4.69, 9.17) is 0 Å². The van der Waals surface area contributed by atoms with Gasteiger partial charge in [-0.25, -0.2) is 0 Å². The number of nitrogens with zero attached hydrogens (tertiary/aromatic N) is 3. The maximum absolute atomic E-state index is 11.0. The molecule has 1 heterocycles. The van der Waals surface area contributed by atoms with Gasteiger partial charge in [0.15, 0.2) is 0 Å². The summed E-state index contributed by atoms with van der Waals surface area (Å²) in [5, 5.41) is 18.7. The van der Waals surface area contributed by atoms with Crippen molar-refractivity contribution in [2.75, 3.05) is 0 Å². The number of para-hydroxylation sites is 1. The molecule has 6 nitrogen and oxygen atoms in total. The van der Waals surface area contributed by atoms with Gasteiger partial charge in [0.05, 0.1) is 16.3 Å². The molecule has 112 valence electrons. The van der Waals surface area contributed by atoms with Crippen LogP contribution in [0.3, 0.4) is 0 Å². The lowest BCUT2D eigenvalue weighted by Gasteiger charge is -2.07. The summed E-state index contributed by atoms with van der Waals surface area (Å²) in [6, 6.07) is 8.88. The van der Waals surface area contributed by atoms with E-state index in [0.29, 0.717) is 18.7 Å². The van der Waals surface area contributed by atoms with Crippen LogP contribution < -0.4 is 5.32 Å². The molecule has 6 heteroatoms. The Morgan fingerprint density at radius 2 is 2.05 bits per heavy atom. The molecule has 2 aromatic rings. The number of nitrogens with one attached hydrogen (secondary N) is 1. The topological polar surface area (TPSA) is 73.0 Å². The van der Waals surface area contributed by atoms with Gasteiger partial charge in [0, 0.05) is 31.3 Å². The van der Waals surface area contributed by atoms with Crippen LogP contribution in [0.15, 0.2) is 30.3 Å². The molecular weight excluding hydrogens is 268 g/mol. The van der Waals surface area contributed by atoms with Crippen LogP contribution in [0.4, 0.5) is 5.69 Å². The summed E-state index contributed by atoms with van der Waals surface area (Å²) in [4.78, 5) is 10.6. The molecule has 1 N–H and O–H groups in total. The van der Waals surface area contributed by atoms with Crippen molar-refractivity contribution in [3.8, 4) is 0 Å². The fraction of sp³-hybridized carbons (Fsp3) is 0.400. The Morgan fingerprint density at radius 1 is 1.29 bits per heavy atom. The lowest BCUT2D eigenvalue weighted by Crippen LogP contribution is -2.16. The minimum atomic E-state index is -0.345. The van der Waals surface area contributed by atoms with Crippen molar-refractivity contribution in [3.63, 3.8) is 0 Å². The van der Waals surface area contributed by atoms with E-state index in [2.05, 4.69) is 30.3 Å². The Hall–Kier alpha value is -2.21. The zero-order valence-corrected chi connectivity index (χ0v) is 12.4. The second kappa shape index (κ2) is 6.99. The van der Waals surface area contributed by atoms with Crippen molar-refractivity contribution in [2.45, 2.75) is 39.9 Å². The van der Waals surface area contributed by atoms with Crippen LogP contribution in [0.2, 0.25) is 0 Å². The van der Waals surface area contributed by atoms with E-state index in [9.17, 15) is 10.1 Å². The molecule has 1 aromatic carbocycles. The second-order valence-corrected chi connectivity index (χ2v) is 4.79. The number of nitro groups is 1. The smallest absolute Gasteiger partial charge is 0.273 e. The maximum atomic E-state index is 11.0. The third kappa shape index (κ3) is 3.66. The quantitative estimate of drug-likeness (QED) is 0.628. The summed E-state index contributed by atoms with van der Waals surface area (Å²) in [6.07, 6.45) is 0.907. The van der Waals surface area contributed by atoms with Gasteiger partial charge in [-0.05, 0) is 19.4 Å². The third-order valence-corrected chi connectivity index (χ3v) is 3.39. The summed E-state index contributed by atoms with van der Waals surface area (Å²) in [7, 11) is 0. The first kappa shape index (κ1) is 15.2. The number of rotatable bonds is 7. The van der Waals surface area contributed by atoms with Gasteiger partial charge in [0.1, 0.15) is 0 Å². The first-order valence-corrected chi connectivity index (χ1v) is 7.14. The maximum Gasteiger partial charge on any atom is 0.273 e. The minimum absolute atomic E-state index is 0.156.